The average Bonchev–Trinajstić information content (AvgIpc) is 2.72. The van der Waals surface area contributed by atoms with E-state index in [0.717, 1.165) is 25.8 Å². The number of thiol groups is 1. The van der Waals surface area contributed by atoms with E-state index >= 15 is 0 Å². The first kappa shape index (κ1) is 33.1. The Morgan fingerprint density at radius 1 is 0.567 bits per heavy atom. The van der Waals surface area contributed by atoms with Crippen molar-refractivity contribution in [2.45, 2.75) is 136 Å². The van der Waals surface area contributed by atoms with E-state index in [9.17, 15) is 0 Å². The molecule has 0 amide bonds. The molecular formula is C24H54NO2PS2. The lowest BCUT2D eigenvalue weighted by atomic mass is 10.1. The molecule has 0 spiro atoms. The van der Waals surface area contributed by atoms with Crippen LogP contribution in [0.15, 0.2) is 0 Å². The minimum Gasteiger partial charge on any atom is -0.330 e. The predicted molar refractivity (Wildman–Crippen MR) is 144 cm³/mol. The van der Waals surface area contributed by atoms with E-state index in [1.54, 1.807) is 0 Å². The zero-order valence-electron chi connectivity index (χ0n) is 20.5. The van der Waals surface area contributed by atoms with Crippen LogP contribution >= 0.6 is 17.9 Å². The van der Waals surface area contributed by atoms with Crippen LogP contribution in [0.2, 0.25) is 0 Å². The number of hydrogen-bond acceptors (Lipinski definition) is 4. The largest absolute Gasteiger partial charge is 0.330 e. The van der Waals surface area contributed by atoms with Crippen molar-refractivity contribution in [2.75, 3.05) is 19.8 Å². The van der Waals surface area contributed by atoms with Crippen LogP contribution in [0, 0.1) is 0 Å². The highest BCUT2D eigenvalue weighted by atomic mass is 32.9. The van der Waals surface area contributed by atoms with Crippen molar-refractivity contribution in [2.24, 2.45) is 5.73 Å². The summed E-state index contributed by atoms with van der Waals surface area (Å²) in [5.74, 6) is 0. The molecule has 0 aromatic heterocycles. The number of rotatable bonds is 22. The SMILES string of the molecule is CCCCCCCCCCCCN.CCCCCCCCOP(=S)(S)OCCCC. The van der Waals surface area contributed by atoms with Crippen molar-refractivity contribution in [3.05, 3.63) is 0 Å². The summed E-state index contributed by atoms with van der Waals surface area (Å²) in [6.07, 6.45) is 23.6. The molecule has 0 radical (unpaired) electrons. The third-order valence-corrected chi connectivity index (χ3v) is 7.41. The first-order valence-electron chi connectivity index (χ1n) is 12.9. The van der Waals surface area contributed by atoms with E-state index in [1.807, 2.05) is 0 Å². The smallest absolute Gasteiger partial charge is 0.244 e. The molecule has 0 heterocycles. The summed E-state index contributed by atoms with van der Waals surface area (Å²) < 4.78 is 11.0. The molecule has 0 bridgehead atoms. The van der Waals surface area contributed by atoms with Gasteiger partial charge in [-0.05, 0) is 37.6 Å². The molecule has 1 unspecified atom stereocenters. The number of hydrogen-bond donors (Lipinski definition) is 2. The van der Waals surface area contributed by atoms with Gasteiger partial charge in [-0.25, -0.2) is 0 Å². The number of nitrogens with two attached hydrogens (primary N) is 1. The summed E-state index contributed by atoms with van der Waals surface area (Å²) >= 11 is 9.51. The van der Waals surface area contributed by atoms with Gasteiger partial charge in [0.1, 0.15) is 0 Å². The minimum atomic E-state index is -2.26. The van der Waals surface area contributed by atoms with Crippen molar-refractivity contribution >= 4 is 29.7 Å². The normalized spacial score (nSPS) is 13.0. The van der Waals surface area contributed by atoms with Gasteiger partial charge in [-0.3, -0.25) is 0 Å². The van der Waals surface area contributed by atoms with Crippen LogP contribution in [0.3, 0.4) is 0 Å². The summed E-state index contributed by atoms with van der Waals surface area (Å²) in [4.78, 5) is 0. The third-order valence-electron chi connectivity index (χ3n) is 5.06. The van der Waals surface area contributed by atoms with E-state index in [4.69, 9.17) is 26.6 Å². The Morgan fingerprint density at radius 2 is 0.900 bits per heavy atom. The molecule has 0 fully saturated rings. The molecule has 2 N–H and O–H groups in total. The third kappa shape index (κ3) is 31.1. The Kier molecular flexibility index (Phi) is 30.8. The fourth-order valence-electron chi connectivity index (χ4n) is 3.06. The summed E-state index contributed by atoms with van der Waals surface area (Å²) in [7, 11) is 0. The maximum atomic E-state index is 5.55. The van der Waals surface area contributed by atoms with Crippen LogP contribution in [0.4, 0.5) is 0 Å². The highest BCUT2D eigenvalue weighted by Crippen LogP contribution is 2.53. The molecule has 0 rings (SSSR count). The van der Waals surface area contributed by atoms with Gasteiger partial charge in [-0.15, -0.1) is 0 Å². The minimum absolute atomic E-state index is 0.674. The molecule has 6 heteroatoms. The van der Waals surface area contributed by atoms with E-state index < -0.39 is 5.69 Å². The van der Waals surface area contributed by atoms with Crippen molar-refractivity contribution in [1.29, 1.82) is 0 Å². The lowest BCUT2D eigenvalue weighted by Gasteiger charge is -2.16. The first-order chi connectivity index (χ1) is 14.5. The van der Waals surface area contributed by atoms with Crippen molar-refractivity contribution in [3.63, 3.8) is 0 Å². The lowest BCUT2D eigenvalue weighted by molar-refractivity contribution is 0.251. The Balaban J connectivity index is 0. The molecule has 0 aliphatic heterocycles. The van der Waals surface area contributed by atoms with Crippen molar-refractivity contribution < 1.29 is 9.05 Å². The zero-order valence-corrected chi connectivity index (χ0v) is 23.2. The van der Waals surface area contributed by atoms with Crippen molar-refractivity contribution in [3.8, 4) is 0 Å². The van der Waals surface area contributed by atoms with Crippen LogP contribution in [0.1, 0.15) is 136 Å². The monoisotopic (exact) mass is 483 g/mol. The topological polar surface area (TPSA) is 44.5 Å². The second kappa shape index (κ2) is 27.9. The zero-order chi connectivity index (χ0) is 22.8. The van der Waals surface area contributed by atoms with Gasteiger partial charge >= 0.3 is 0 Å². The summed E-state index contributed by atoms with van der Waals surface area (Å²) in [6, 6.07) is 0. The van der Waals surface area contributed by atoms with Crippen molar-refractivity contribution in [1.82, 2.24) is 0 Å². The highest BCUT2D eigenvalue weighted by molar-refractivity contribution is 8.60. The molecule has 0 aliphatic rings. The Morgan fingerprint density at radius 3 is 1.30 bits per heavy atom. The molecule has 30 heavy (non-hydrogen) atoms. The highest BCUT2D eigenvalue weighted by Gasteiger charge is 2.11. The molecule has 0 aliphatic carbocycles. The van der Waals surface area contributed by atoms with Crippen LogP contribution < -0.4 is 5.73 Å². The van der Waals surface area contributed by atoms with Gasteiger partial charge < -0.3 is 14.8 Å². The van der Waals surface area contributed by atoms with E-state index in [0.29, 0.717) is 13.2 Å². The second-order valence-electron chi connectivity index (χ2n) is 8.23. The van der Waals surface area contributed by atoms with Gasteiger partial charge in [-0.1, -0.05) is 129 Å². The van der Waals surface area contributed by atoms with Crippen LogP contribution in [0.25, 0.3) is 0 Å². The van der Waals surface area contributed by atoms with Gasteiger partial charge in [0.05, 0.1) is 13.2 Å². The quantitative estimate of drug-likeness (QED) is 0.0915. The molecular weight excluding hydrogens is 429 g/mol. The van der Waals surface area contributed by atoms with Crippen LogP contribution in [-0.2, 0) is 20.9 Å². The Labute approximate surface area is 200 Å². The van der Waals surface area contributed by atoms with Crippen LogP contribution in [0.5, 0.6) is 0 Å². The molecule has 0 saturated heterocycles. The van der Waals surface area contributed by atoms with Gasteiger partial charge in [0.25, 0.3) is 0 Å². The van der Waals surface area contributed by atoms with E-state index in [-0.39, 0.29) is 0 Å². The van der Waals surface area contributed by atoms with Gasteiger partial charge in [0, 0.05) is 0 Å². The lowest BCUT2D eigenvalue weighted by Crippen LogP contribution is -1.97. The molecule has 0 aromatic carbocycles. The van der Waals surface area contributed by atoms with E-state index in [2.05, 4.69) is 33.0 Å². The second-order valence-corrected chi connectivity index (χ2v) is 13.5. The van der Waals surface area contributed by atoms with Gasteiger partial charge in [0.2, 0.25) is 5.69 Å². The summed E-state index contributed by atoms with van der Waals surface area (Å²) in [5, 5.41) is 0. The molecule has 0 aromatic rings. The summed E-state index contributed by atoms with van der Waals surface area (Å²) in [6.45, 7) is 8.87. The fourth-order valence-corrected chi connectivity index (χ4v) is 4.79. The van der Waals surface area contributed by atoms with Gasteiger partial charge in [0.15, 0.2) is 0 Å². The summed E-state index contributed by atoms with van der Waals surface area (Å²) in [5.41, 5.74) is 3.17. The predicted octanol–water partition coefficient (Wildman–Crippen LogP) is 9.20. The average molecular weight is 484 g/mol. The maximum absolute atomic E-state index is 5.55. The standard InChI is InChI=1S/C12H27N.C12H27O2PS2/c1-2-3-4-5-6-7-8-9-10-11-12-13;1-3-5-7-8-9-10-12-14-15(16,17)13-11-6-4-2/h2-13H2,1H3;3-12H2,1-2H3,(H,16,17). The maximum Gasteiger partial charge on any atom is 0.244 e. The van der Waals surface area contributed by atoms with E-state index in [1.165, 1.54) is 96.3 Å². The Bertz CT molecular complexity index is 350. The van der Waals surface area contributed by atoms with Crippen LogP contribution in [-0.4, -0.2) is 19.8 Å². The first-order valence-corrected chi connectivity index (χ1v) is 16.6. The molecule has 3 nitrogen and oxygen atoms in total. The van der Waals surface area contributed by atoms with Gasteiger partial charge in [-0.2, -0.15) is 0 Å². The molecule has 0 saturated carbocycles. The fraction of sp³-hybridized carbons (Fsp3) is 1.00. The Hall–Kier alpha value is 0.880. The molecule has 1 atom stereocenters. The molecule has 184 valence electrons. The number of unbranched alkanes of at least 4 members (excludes halogenated alkanes) is 15.